The first-order valence-electron chi connectivity index (χ1n) is 8.46. The molecule has 0 bridgehead atoms. The van der Waals surface area contributed by atoms with Gasteiger partial charge in [-0.15, -0.1) is 5.10 Å². The lowest BCUT2D eigenvalue weighted by atomic mass is 9.99. The van der Waals surface area contributed by atoms with Crippen molar-refractivity contribution < 1.29 is 13.2 Å². The van der Waals surface area contributed by atoms with Gasteiger partial charge in [-0.2, -0.15) is 0 Å². The van der Waals surface area contributed by atoms with Crippen molar-refractivity contribution in [1.29, 1.82) is 0 Å². The van der Waals surface area contributed by atoms with E-state index in [0.29, 0.717) is 19.5 Å². The van der Waals surface area contributed by atoms with Crippen LogP contribution in [-0.2, 0) is 21.4 Å². The minimum atomic E-state index is -3.20. The number of fused-ring (bicyclic) bond motifs is 1. The Morgan fingerprint density at radius 3 is 2.92 bits per heavy atom. The average molecular weight is 365 g/mol. The Kier molecular flexibility index (Phi) is 5.33. The van der Waals surface area contributed by atoms with E-state index in [4.69, 9.17) is 0 Å². The highest BCUT2D eigenvalue weighted by Gasteiger charge is 2.27. The van der Waals surface area contributed by atoms with Gasteiger partial charge in [0.2, 0.25) is 15.9 Å². The van der Waals surface area contributed by atoms with Crippen LogP contribution in [0.1, 0.15) is 25.7 Å². The molecule has 1 N–H and O–H groups in total. The highest BCUT2D eigenvalue weighted by molar-refractivity contribution is 7.88. The van der Waals surface area contributed by atoms with Gasteiger partial charge in [0.15, 0.2) is 0 Å². The topological polar surface area (TPSA) is 97.2 Å². The summed E-state index contributed by atoms with van der Waals surface area (Å²) >= 11 is 0. The lowest BCUT2D eigenvalue weighted by Crippen LogP contribution is -2.46. The molecule has 0 radical (unpaired) electrons. The van der Waals surface area contributed by atoms with Gasteiger partial charge in [-0.3, -0.25) is 4.79 Å². The Labute approximate surface area is 147 Å². The van der Waals surface area contributed by atoms with E-state index in [0.717, 1.165) is 36.6 Å². The molecule has 1 atom stereocenters. The minimum Gasteiger partial charge on any atom is -0.338 e. The number of nitrogens with zero attached hydrogens (tertiary/aromatic N) is 4. The summed E-state index contributed by atoms with van der Waals surface area (Å²) in [5.74, 6) is -0.000270. The molecule has 1 amide bonds. The Morgan fingerprint density at radius 1 is 1.32 bits per heavy atom. The number of para-hydroxylation sites is 1. The Balaban J connectivity index is 1.66. The van der Waals surface area contributed by atoms with Crippen LogP contribution in [0.4, 0.5) is 0 Å². The van der Waals surface area contributed by atoms with Gasteiger partial charge in [-0.1, -0.05) is 17.3 Å². The van der Waals surface area contributed by atoms with Crippen molar-refractivity contribution in [3.8, 4) is 0 Å². The quantitative estimate of drug-likeness (QED) is 0.815. The summed E-state index contributed by atoms with van der Waals surface area (Å²) in [7, 11) is -3.20. The predicted molar refractivity (Wildman–Crippen MR) is 94.3 cm³/mol. The molecule has 1 aromatic heterocycles. The summed E-state index contributed by atoms with van der Waals surface area (Å²) in [6.45, 7) is 1.20. The van der Waals surface area contributed by atoms with Gasteiger partial charge >= 0.3 is 0 Å². The van der Waals surface area contributed by atoms with E-state index in [-0.39, 0.29) is 18.5 Å². The Bertz CT molecular complexity index is 848. The van der Waals surface area contributed by atoms with Gasteiger partial charge in [-0.05, 0) is 37.8 Å². The monoisotopic (exact) mass is 365 g/mol. The van der Waals surface area contributed by atoms with Crippen molar-refractivity contribution in [2.24, 2.45) is 0 Å². The smallest absolute Gasteiger partial charge is 0.244 e. The van der Waals surface area contributed by atoms with Gasteiger partial charge in [0.05, 0.1) is 11.8 Å². The summed E-state index contributed by atoms with van der Waals surface area (Å²) in [6.07, 6.45) is 4.69. The first-order chi connectivity index (χ1) is 11.9. The molecule has 2 heterocycles. The van der Waals surface area contributed by atoms with E-state index >= 15 is 0 Å². The van der Waals surface area contributed by atoms with Gasteiger partial charge in [0.1, 0.15) is 12.1 Å². The molecule has 9 heteroatoms. The van der Waals surface area contributed by atoms with E-state index in [9.17, 15) is 13.2 Å². The summed E-state index contributed by atoms with van der Waals surface area (Å²) < 4.78 is 26.6. The molecule has 1 aliphatic heterocycles. The maximum atomic E-state index is 12.8. The molecule has 2 aromatic rings. The van der Waals surface area contributed by atoms with E-state index in [1.54, 1.807) is 4.68 Å². The number of hydrogen-bond acceptors (Lipinski definition) is 5. The highest BCUT2D eigenvalue weighted by Crippen LogP contribution is 2.20. The number of likely N-dealkylation sites (tertiary alicyclic amines) is 1. The summed E-state index contributed by atoms with van der Waals surface area (Å²) in [4.78, 5) is 14.6. The van der Waals surface area contributed by atoms with Crippen molar-refractivity contribution >= 4 is 27.0 Å². The minimum absolute atomic E-state index is 0.000270. The zero-order valence-corrected chi connectivity index (χ0v) is 15.1. The number of piperidine rings is 1. The SMILES string of the molecule is CS(=O)(=O)NCC[C@@H]1CCCCN1C(=O)Cn1nnc2ccccc21. The van der Waals surface area contributed by atoms with Gasteiger partial charge in [0.25, 0.3) is 0 Å². The molecule has 1 aromatic carbocycles. The fraction of sp³-hybridized carbons (Fsp3) is 0.562. The third-order valence-corrected chi connectivity index (χ3v) is 5.22. The second-order valence-corrected chi connectivity index (χ2v) is 8.26. The van der Waals surface area contributed by atoms with Crippen molar-refractivity contribution in [1.82, 2.24) is 24.6 Å². The fourth-order valence-corrected chi connectivity index (χ4v) is 3.78. The van der Waals surface area contributed by atoms with Crippen molar-refractivity contribution in [3.05, 3.63) is 24.3 Å². The number of rotatable bonds is 6. The van der Waals surface area contributed by atoms with Crippen LogP contribution in [0, 0.1) is 0 Å². The normalized spacial score (nSPS) is 18.6. The third kappa shape index (κ3) is 4.55. The Hall–Kier alpha value is -2.00. The second kappa shape index (κ2) is 7.49. The lowest BCUT2D eigenvalue weighted by Gasteiger charge is -2.36. The van der Waals surface area contributed by atoms with E-state index in [2.05, 4.69) is 15.0 Å². The molecular weight excluding hydrogens is 342 g/mol. The molecule has 0 aliphatic carbocycles. The molecule has 8 nitrogen and oxygen atoms in total. The van der Waals surface area contributed by atoms with Gasteiger partial charge in [-0.25, -0.2) is 17.8 Å². The molecule has 25 heavy (non-hydrogen) atoms. The summed E-state index contributed by atoms with van der Waals surface area (Å²) in [5.41, 5.74) is 1.60. The van der Waals surface area contributed by atoms with Crippen molar-refractivity contribution in [3.63, 3.8) is 0 Å². The molecule has 1 saturated heterocycles. The number of carbonyl (C=O) groups is 1. The lowest BCUT2D eigenvalue weighted by molar-refractivity contribution is -0.135. The first kappa shape index (κ1) is 17.8. The molecule has 0 spiro atoms. The van der Waals surface area contributed by atoms with Crippen LogP contribution in [0.3, 0.4) is 0 Å². The number of amides is 1. The van der Waals surface area contributed by atoms with Crippen LogP contribution in [0.2, 0.25) is 0 Å². The maximum Gasteiger partial charge on any atom is 0.244 e. The Morgan fingerprint density at radius 2 is 2.12 bits per heavy atom. The molecule has 0 saturated carbocycles. The average Bonchev–Trinajstić information content (AvgIpc) is 2.97. The van der Waals surface area contributed by atoms with Gasteiger partial charge < -0.3 is 4.90 Å². The predicted octanol–water partition coefficient (Wildman–Crippen LogP) is 0.752. The third-order valence-electron chi connectivity index (χ3n) is 4.49. The van der Waals surface area contributed by atoms with E-state index < -0.39 is 10.0 Å². The molecule has 136 valence electrons. The highest BCUT2D eigenvalue weighted by atomic mass is 32.2. The van der Waals surface area contributed by atoms with E-state index in [1.807, 2.05) is 29.2 Å². The first-order valence-corrected chi connectivity index (χ1v) is 10.4. The number of nitrogens with one attached hydrogen (secondary N) is 1. The second-order valence-electron chi connectivity index (χ2n) is 6.43. The molecule has 3 rings (SSSR count). The number of benzene rings is 1. The fourth-order valence-electron chi connectivity index (χ4n) is 3.29. The van der Waals surface area contributed by atoms with E-state index in [1.165, 1.54) is 0 Å². The zero-order valence-electron chi connectivity index (χ0n) is 14.3. The number of aromatic nitrogens is 3. The number of hydrogen-bond donors (Lipinski definition) is 1. The standard InChI is InChI=1S/C16H23N5O3S/c1-25(23,24)17-10-9-13-6-4-5-11-20(13)16(22)12-21-15-8-3-2-7-14(15)18-19-21/h2-3,7-8,13,17H,4-6,9-12H2,1H3/t13-/m0/s1. The van der Waals surface area contributed by atoms with Crippen LogP contribution in [-0.4, -0.2) is 59.6 Å². The van der Waals surface area contributed by atoms with Crippen LogP contribution in [0.5, 0.6) is 0 Å². The number of sulfonamides is 1. The van der Waals surface area contributed by atoms with Crippen LogP contribution >= 0.6 is 0 Å². The molecular formula is C16H23N5O3S. The van der Waals surface area contributed by atoms with Crippen molar-refractivity contribution in [2.75, 3.05) is 19.3 Å². The largest absolute Gasteiger partial charge is 0.338 e. The number of carbonyl (C=O) groups excluding carboxylic acids is 1. The zero-order chi connectivity index (χ0) is 17.9. The van der Waals surface area contributed by atoms with Crippen molar-refractivity contribution in [2.45, 2.75) is 38.3 Å². The maximum absolute atomic E-state index is 12.8. The molecule has 1 fully saturated rings. The summed E-state index contributed by atoms with van der Waals surface area (Å²) in [6, 6.07) is 7.60. The molecule has 0 unspecified atom stereocenters. The van der Waals surface area contributed by atoms with Crippen LogP contribution in [0.25, 0.3) is 11.0 Å². The molecule has 1 aliphatic rings. The van der Waals surface area contributed by atoms with Crippen LogP contribution < -0.4 is 4.72 Å². The van der Waals surface area contributed by atoms with Crippen LogP contribution in [0.15, 0.2) is 24.3 Å². The summed E-state index contributed by atoms with van der Waals surface area (Å²) in [5, 5.41) is 8.16. The van der Waals surface area contributed by atoms with Gasteiger partial charge in [0, 0.05) is 19.1 Å².